The zero-order valence-electron chi connectivity index (χ0n) is 16.9. The summed E-state index contributed by atoms with van der Waals surface area (Å²) in [7, 11) is 4.61. The van der Waals surface area contributed by atoms with Gasteiger partial charge in [-0.3, -0.25) is 9.59 Å². The number of hydrogen-bond acceptors (Lipinski definition) is 6. The fourth-order valence-electron chi connectivity index (χ4n) is 2.85. The fourth-order valence-corrected chi connectivity index (χ4v) is 2.85. The number of nitrogens with one attached hydrogen (secondary N) is 2. The Balaban J connectivity index is 1.70. The Hall–Kier alpha value is -3.94. The summed E-state index contributed by atoms with van der Waals surface area (Å²) in [6, 6.07) is 13.2. The topological polar surface area (TPSA) is 99.0 Å². The third kappa shape index (κ3) is 4.72. The predicted molar refractivity (Wildman–Crippen MR) is 110 cm³/mol. The largest absolute Gasteiger partial charge is 0.496 e. The van der Waals surface area contributed by atoms with Gasteiger partial charge in [-0.05, 0) is 36.4 Å². The van der Waals surface area contributed by atoms with Crippen LogP contribution in [0.25, 0.3) is 0 Å². The molecule has 0 saturated heterocycles. The van der Waals surface area contributed by atoms with E-state index in [1.807, 2.05) is 0 Å². The number of hydrogen-bond donors (Lipinski definition) is 2. The van der Waals surface area contributed by atoms with Gasteiger partial charge in [-0.25, -0.2) is 0 Å². The summed E-state index contributed by atoms with van der Waals surface area (Å²) >= 11 is 0. The molecule has 0 unspecified atom stereocenters. The first-order valence-corrected chi connectivity index (χ1v) is 9.07. The lowest BCUT2D eigenvalue weighted by atomic mass is 10.1. The van der Waals surface area contributed by atoms with Gasteiger partial charge in [0.1, 0.15) is 5.75 Å². The molecule has 0 aliphatic carbocycles. The molecule has 156 valence electrons. The summed E-state index contributed by atoms with van der Waals surface area (Å²) in [5, 5.41) is 5.54. The van der Waals surface area contributed by atoms with Crippen molar-refractivity contribution in [2.24, 2.45) is 0 Å². The molecule has 0 atom stereocenters. The van der Waals surface area contributed by atoms with E-state index >= 15 is 0 Å². The van der Waals surface area contributed by atoms with Gasteiger partial charge < -0.3 is 29.3 Å². The van der Waals surface area contributed by atoms with Gasteiger partial charge in [0.05, 0.1) is 27.6 Å². The van der Waals surface area contributed by atoms with Crippen molar-refractivity contribution in [3.8, 4) is 17.2 Å². The Morgan fingerprint density at radius 1 is 0.867 bits per heavy atom. The number of benzene rings is 2. The van der Waals surface area contributed by atoms with E-state index < -0.39 is 5.91 Å². The van der Waals surface area contributed by atoms with E-state index in [-0.39, 0.29) is 18.2 Å². The van der Waals surface area contributed by atoms with E-state index in [1.54, 1.807) is 48.5 Å². The number of rotatable bonds is 8. The zero-order chi connectivity index (χ0) is 21.5. The normalized spacial score (nSPS) is 10.2. The molecule has 3 aromatic rings. The van der Waals surface area contributed by atoms with Crippen molar-refractivity contribution in [1.29, 1.82) is 0 Å². The predicted octanol–water partition coefficient (Wildman–Crippen LogP) is 3.49. The fraction of sp³-hybridized carbons (Fsp3) is 0.182. The van der Waals surface area contributed by atoms with Crippen molar-refractivity contribution in [2.75, 3.05) is 26.6 Å². The Morgan fingerprint density at radius 2 is 1.60 bits per heavy atom. The van der Waals surface area contributed by atoms with Crippen LogP contribution in [0.5, 0.6) is 17.2 Å². The molecule has 0 fully saturated rings. The zero-order valence-corrected chi connectivity index (χ0v) is 16.9. The minimum atomic E-state index is -0.396. The Labute approximate surface area is 173 Å². The van der Waals surface area contributed by atoms with Crippen LogP contribution < -0.4 is 24.8 Å². The third-order valence-electron chi connectivity index (χ3n) is 4.35. The van der Waals surface area contributed by atoms with Crippen molar-refractivity contribution >= 4 is 17.5 Å². The molecule has 0 aliphatic heterocycles. The standard InChI is InChI=1S/C22H22N2O6/c1-27-18-12-20(29-3)19(28-2)11-15(18)13-23-21(25)14-6-4-7-16(10-14)24-22(26)17-8-5-9-30-17/h4-12H,13H2,1-3H3,(H,23,25)(H,24,26). The number of amides is 2. The van der Waals surface area contributed by atoms with Crippen molar-refractivity contribution in [3.63, 3.8) is 0 Å². The summed E-state index contributed by atoms with van der Waals surface area (Å²) in [6.45, 7) is 0.214. The van der Waals surface area contributed by atoms with E-state index in [1.165, 1.54) is 27.6 Å². The average molecular weight is 410 g/mol. The van der Waals surface area contributed by atoms with Crippen LogP contribution in [0.1, 0.15) is 26.5 Å². The Kier molecular flexibility index (Phi) is 6.59. The highest BCUT2D eigenvalue weighted by Gasteiger charge is 2.14. The molecule has 2 amide bonds. The molecule has 1 heterocycles. The molecule has 0 aliphatic rings. The molecule has 8 nitrogen and oxygen atoms in total. The maximum atomic E-state index is 12.6. The summed E-state index contributed by atoms with van der Waals surface area (Å²) in [5.74, 6) is 1.11. The first-order chi connectivity index (χ1) is 14.5. The maximum absolute atomic E-state index is 12.6. The summed E-state index contributed by atoms with van der Waals surface area (Å²) < 4.78 is 21.0. The third-order valence-corrected chi connectivity index (χ3v) is 4.35. The second kappa shape index (κ2) is 9.51. The number of furan rings is 1. The lowest BCUT2D eigenvalue weighted by molar-refractivity contribution is 0.0948. The summed E-state index contributed by atoms with van der Waals surface area (Å²) in [5.41, 5.74) is 1.60. The van der Waals surface area contributed by atoms with Gasteiger partial charge in [0.25, 0.3) is 11.8 Å². The van der Waals surface area contributed by atoms with Crippen molar-refractivity contribution < 1.29 is 28.2 Å². The highest BCUT2D eigenvalue weighted by Crippen LogP contribution is 2.34. The number of ether oxygens (including phenoxy) is 3. The van der Waals surface area contributed by atoms with E-state index in [4.69, 9.17) is 18.6 Å². The van der Waals surface area contributed by atoms with Crippen LogP contribution in [-0.4, -0.2) is 33.1 Å². The number of methoxy groups -OCH3 is 3. The van der Waals surface area contributed by atoms with Crippen molar-refractivity contribution in [2.45, 2.75) is 6.54 Å². The van der Waals surface area contributed by atoms with Crippen molar-refractivity contribution in [1.82, 2.24) is 5.32 Å². The molecule has 0 saturated carbocycles. The smallest absolute Gasteiger partial charge is 0.291 e. The number of carbonyl (C=O) groups excluding carboxylic acids is 2. The molecule has 1 aromatic heterocycles. The highest BCUT2D eigenvalue weighted by molar-refractivity contribution is 6.03. The van der Waals surface area contributed by atoms with E-state index in [9.17, 15) is 9.59 Å². The summed E-state index contributed by atoms with van der Waals surface area (Å²) in [4.78, 5) is 24.7. The number of anilines is 1. The average Bonchev–Trinajstić information content (AvgIpc) is 3.32. The van der Waals surface area contributed by atoms with Crippen LogP contribution in [0, 0.1) is 0 Å². The minimum absolute atomic E-state index is 0.186. The van der Waals surface area contributed by atoms with Crippen LogP contribution in [0.3, 0.4) is 0 Å². The molecule has 2 aromatic carbocycles. The van der Waals surface area contributed by atoms with Crippen molar-refractivity contribution in [3.05, 3.63) is 71.7 Å². The van der Waals surface area contributed by atoms with Gasteiger partial charge in [0.2, 0.25) is 0 Å². The molecule has 2 N–H and O–H groups in total. The molecule has 3 rings (SSSR count). The second-order valence-corrected chi connectivity index (χ2v) is 6.21. The second-order valence-electron chi connectivity index (χ2n) is 6.21. The molecule has 0 spiro atoms. The van der Waals surface area contributed by atoms with E-state index in [0.29, 0.717) is 28.5 Å². The first kappa shape index (κ1) is 20.8. The number of carbonyl (C=O) groups is 2. The highest BCUT2D eigenvalue weighted by atomic mass is 16.5. The van der Waals surface area contributed by atoms with Gasteiger partial charge in [0, 0.05) is 29.4 Å². The quantitative estimate of drug-likeness (QED) is 0.590. The van der Waals surface area contributed by atoms with Gasteiger partial charge >= 0.3 is 0 Å². The van der Waals surface area contributed by atoms with Gasteiger partial charge in [-0.1, -0.05) is 6.07 Å². The first-order valence-electron chi connectivity index (χ1n) is 9.07. The van der Waals surface area contributed by atoms with Crippen LogP contribution in [0.15, 0.2) is 59.2 Å². The Bertz CT molecular complexity index is 1030. The van der Waals surface area contributed by atoms with Gasteiger partial charge in [-0.15, -0.1) is 0 Å². The lowest BCUT2D eigenvalue weighted by Gasteiger charge is -2.14. The SMILES string of the molecule is COc1cc(OC)c(OC)cc1CNC(=O)c1cccc(NC(=O)c2ccco2)c1. The van der Waals surface area contributed by atoms with Crippen LogP contribution in [-0.2, 0) is 6.54 Å². The molecule has 8 heteroatoms. The maximum Gasteiger partial charge on any atom is 0.291 e. The molecule has 0 bridgehead atoms. The van der Waals surface area contributed by atoms with Crippen LogP contribution in [0.2, 0.25) is 0 Å². The van der Waals surface area contributed by atoms with Crippen LogP contribution in [0.4, 0.5) is 5.69 Å². The van der Waals surface area contributed by atoms with Gasteiger partial charge in [-0.2, -0.15) is 0 Å². The molecular formula is C22H22N2O6. The van der Waals surface area contributed by atoms with Gasteiger partial charge in [0.15, 0.2) is 17.3 Å². The molecular weight excluding hydrogens is 388 g/mol. The lowest BCUT2D eigenvalue weighted by Crippen LogP contribution is -2.23. The van der Waals surface area contributed by atoms with E-state index in [2.05, 4.69) is 10.6 Å². The molecule has 0 radical (unpaired) electrons. The Morgan fingerprint density at radius 3 is 2.27 bits per heavy atom. The van der Waals surface area contributed by atoms with Crippen LogP contribution >= 0.6 is 0 Å². The molecule has 30 heavy (non-hydrogen) atoms. The minimum Gasteiger partial charge on any atom is -0.496 e. The summed E-state index contributed by atoms with van der Waals surface area (Å²) in [6.07, 6.45) is 1.42. The van der Waals surface area contributed by atoms with E-state index in [0.717, 1.165) is 5.56 Å². The monoisotopic (exact) mass is 410 g/mol.